The molecule has 0 saturated heterocycles. The second-order valence-corrected chi connectivity index (χ2v) is 3.12. The van der Waals surface area contributed by atoms with Crippen molar-refractivity contribution in [3.63, 3.8) is 0 Å². The second kappa shape index (κ2) is 5.21. The summed E-state index contributed by atoms with van der Waals surface area (Å²) in [5, 5.41) is 2.92. The van der Waals surface area contributed by atoms with Gasteiger partial charge in [0.15, 0.2) is 0 Å². The molecule has 74 valence electrons. The van der Waals surface area contributed by atoms with Gasteiger partial charge in [0.1, 0.15) is 6.04 Å². The minimum Gasteiger partial charge on any atom is -0.286 e. The summed E-state index contributed by atoms with van der Waals surface area (Å²) in [4.78, 5) is 18.5. The Labute approximate surface area is 83.1 Å². The number of nitrogens with zero attached hydrogens (tertiary/aromatic N) is 3. The first kappa shape index (κ1) is 10.5. The first-order chi connectivity index (χ1) is 6.74. The third-order valence-corrected chi connectivity index (χ3v) is 1.99. The molecule has 4 heteroatoms. The Hall–Kier alpha value is -1.58. The van der Waals surface area contributed by atoms with Crippen molar-refractivity contribution in [1.29, 1.82) is 0 Å². The fraction of sp³-hybridized carbons (Fsp3) is 0.400. The van der Waals surface area contributed by atoms with E-state index in [1.807, 2.05) is 25.1 Å². The predicted octanol–water partition coefficient (Wildman–Crippen LogP) is 2.04. The molecular weight excluding hydrogens is 178 g/mol. The molecule has 1 heterocycles. The van der Waals surface area contributed by atoms with Gasteiger partial charge in [-0.05, 0) is 26.0 Å². The predicted molar refractivity (Wildman–Crippen MR) is 56.6 cm³/mol. The molecule has 0 fully saturated rings. The smallest absolute Gasteiger partial charge is 0.111 e. The third kappa shape index (κ3) is 3.05. The van der Waals surface area contributed by atoms with E-state index in [0.717, 1.165) is 5.69 Å². The molecule has 2 atom stereocenters. The third-order valence-electron chi connectivity index (χ3n) is 1.99. The molecule has 0 amide bonds. The van der Waals surface area contributed by atoms with E-state index in [9.17, 15) is 4.91 Å². The van der Waals surface area contributed by atoms with E-state index in [-0.39, 0.29) is 12.1 Å². The fourth-order valence-corrected chi connectivity index (χ4v) is 0.859. The topological polar surface area (TPSA) is 54.7 Å². The van der Waals surface area contributed by atoms with Crippen molar-refractivity contribution in [2.24, 2.45) is 10.2 Å². The molecule has 2 unspecified atom stereocenters. The highest BCUT2D eigenvalue weighted by Crippen LogP contribution is 2.01. The largest absolute Gasteiger partial charge is 0.286 e. The van der Waals surface area contributed by atoms with E-state index < -0.39 is 0 Å². The Bertz CT molecular complexity index is 310. The monoisotopic (exact) mass is 191 g/mol. The minimum absolute atomic E-state index is 0.102. The van der Waals surface area contributed by atoms with Gasteiger partial charge < -0.3 is 0 Å². The molecular formula is C10H13N3O. The van der Waals surface area contributed by atoms with Gasteiger partial charge in [0, 0.05) is 12.4 Å². The molecule has 14 heavy (non-hydrogen) atoms. The lowest BCUT2D eigenvalue weighted by molar-refractivity contribution is 0.606. The molecule has 1 aromatic rings. The standard InChI is InChI=1S/C10H13N3O/c1-8(9(2)13-14)12-7-10-5-3-4-6-11-10/h3-9H,1-2H3. The summed E-state index contributed by atoms with van der Waals surface area (Å²) in [5.41, 5.74) is 0.789. The van der Waals surface area contributed by atoms with Crippen LogP contribution in [-0.2, 0) is 0 Å². The maximum Gasteiger partial charge on any atom is 0.111 e. The van der Waals surface area contributed by atoms with Crippen LogP contribution in [0.4, 0.5) is 0 Å². The SMILES string of the molecule is CC(N=O)C(C)N=Cc1ccccn1. The van der Waals surface area contributed by atoms with E-state index in [2.05, 4.69) is 15.2 Å². The maximum atomic E-state index is 10.2. The van der Waals surface area contributed by atoms with Crippen LogP contribution in [0.3, 0.4) is 0 Å². The number of aliphatic imine (C=N–C) groups is 1. The first-order valence-corrected chi connectivity index (χ1v) is 4.50. The highest BCUT2D eigenvalue weighted by Gasteiger charge is 2.08. The lowest BCUT2D eigenvalue weighted by atomic mass is 10.2. The van der Waals surface area contributed by atoms with Gasteiger partial charge in [-0.3, -0.25) is 9.98 Å². The maximum absolute atomic E-state index is 10.2. The number of pyridine rings is 1. The van der Waals surface area contributed by atoms with Gasteiger partial charge in [-0.25, -0.2) is 0 Å². The van der Waals surface area contributed by atoms with E-state index >= 15 is 0 Å². The number of rotatable bonds is 4. The van der Waals surface area contributed by atoms with Crippen LogP contribution < -0.4 is 0 Å². The molecule has 4 nitrogen and oxygen atoms in total. The zero-order valence-electron chi connectivity index (χ0n) is 8.29. The number of aromatic nitrogens is 1. The van der Waals surface area contributed by atoms with Gasteiger partial charge in [-0.15, -0.1) is 0 Å². The Morgan fingerprint density at radius 3 is 2.71 bits per heavy atom. The van der Waals surface area contributed by atoms with Crippen LogP contribution in [-0.4, -0.2) is 23.3 Å². The van der Waals surface area contributed by atoms with Gasteiger partial charge in [0.2, 0.25) is 0 Å². The van der Waals surface area contributed by atoms with Crippen molar-refractivity contribution in [2.75, 3.05) is 0 Å². The van der Waals surface area contributed by atoms with Crippen LogP contribution in [0.2, 0.25) is 0 Å². The van der Waals surface area contributed by atoms with Gasteiger partial charge in [0.25, 0.3) is 0 Å². The first-order valence-electron chi connectivity index (χ1n) is 4.50. The zero-order valence-corrected chi connectivity index (χ0v) is 8.29. The van der Waals surface area contributed by atoms with Crippen LogP contribution in [0.5, 0.6) is 0 Å². The Morgan fingerprint density at radius 1 is 1.36 bits per heavy atom. The van der Waals surface area contributed by atoms with E-state index in [1.165, 1.54) is 0 Å². The number of hydrogen-bond donors (Lipinski definition) is 0. The average molecular weight is 191 g/mol. The number of hydrogen-bond acceptors (Lipinski definition) is 4. The van der Waals surface area contributed by atoms with Gasteiger partial charge in [-0.2, -0.15) is 4.91 Å². The highest BCUT2D eigenvalue weighted by molar-refractivity contribution is 5.76. The lowest BCUT2D eigenvalue weighted by Gasteiger charge is -2.06. The molecule has 0 bridgehead atoms. The minimum atomic E-state index is -0.296. The van der Waals surface area contributed by atoms with E-state index in [1.54, 1.807) is 19.3 Å². The summed E-state index contributed by atoms with van der Waals surface area (Å²) in [7, 11) is 0. The van der Waals surface area contributed by atoms with Crippen LogP contribution in [0.15, 0.2) is 34.6 Å². The quantitative estimate of drug-likeness (QED) is 0.540. The van der Waals surface area contributed by atoms with Crippen LogP contribution >= 0.6 is 0 Å². The van der Waals surface area contributed by atoms with Crippen molar-refractivity contribution in [3.8, 4) is 0 Å². The fourth-order valence-electron chi connectivity index (χ4n) is 0.859. The summed E-state index contributed by atoms with van der Waals surface area (Å²) >= 11 is 0. The summed E-state index contributed by atoms with van der Waals surface area (Å²) in [6, 6.07) is 5.19. The summed E-state index contributed by atoms with van der Waals surface area (Å²) in [5.74, 6) is 0. The summed E-state index contributed by atoms with van der Waals surface area (Å²) in [6.07, 6.45) is 3.36. The molecule has 0 N–H and O–H groups in total. The van der Waals surface area contributed by atoms with Gasteiger partial charge in [-0.1, -0.05) is 11.2 Å². The van der Waals surface area contributed by atoms with Crippen LogP contribution in [0.1, 0.15) is 19.5 Å². The van der Waals surface area contributed by atoms with Crippen molar-refractivity contribution in [1.82, 2.24) is 4.98 Å². The average Bonchev–Trinajstić information content (AvgIpc) is 2.26. The molecule has 0 aliphatic heterocycles. The Morgan fingerprint density at radius 2 is 2.14 bits per heavy atom. The zero-order chi connectivity index (χ0) is 10.4. The molecule has 0 spiro atoms. The molecule has 0 aromatic carbocycles. The van der Waals surface area contributed by atoms with Crippen molar-refractivity contribution >= 4 is 6.21 Å². The molecule has 0 aliphatic rings. The van der Waals surface area contributed by atoms with Crippen LogP contribution in [0.25, 0.3) is 0 Å². The normalized spacial score (nSPS) is 15.3. The van der Waals surface area contributed by atoms with Crippen molar-refractivity contribution < 1.29 is 0 Å². The Kier molecular flexibility index (Phi) is 3.91. The summed E-state index contributed by atoms with van der Waals surface area (Å²) in [6.45, 7) is 3.60. The van der Waals surface area contributed by atoms with Crippen LogP contribution in [0, 0.1) is 4.91 Å². The lowest BCUT2D eigenvalue weighted by Crippen LogP contribution is -2.14. The van der Waals surface area contributed by atoms with Gasteiger partial charge in [0.05, 0.1) is 11.7 Å². The summed E-state index contributed by atoms with van der Waals surface area (Å²) < 4.78 is 0. The van der Waals surface area contributed by atoms with Crippen molar-refractivity contribution in [3.05, 3.63) is 35.0 Å². The second-order valence-electron chi connectivity index (χ2n) is 3.12. The van der Waals surface area contributed by atoms with Gasteiger partial charge >= 0.3 is 0 Å². The molecule has 0 saturated carbocycles. The molecule has 1 rings (SSSR count). The molecule has 0 radical (unpaired) electrons. The van der Waals surface area contributed by atoms with Crippen molar-refractivity contribution in [2.45, 2.75) is 25.9 Å². The molecule has 1 aromatic heterocycles. The van der Waals surface area contributed by atoms with E-state index in [0.29, 0.717) is 0 Å². The highest BCUT2D eigenvalue weighted by atomic mass is 16.3. The number of nitroso groups, excluding NO2 is 1. The molecule has 0 aliphatic carbocycles. The van der Waals surface area contributed by atoms with E-state index in [4.69, 9.17) is 0 Å². The Balaban J connectivity index is 2.60.